The number of rotatable bonds is 8. The first-order valence-corrected chi connectivity index (χ1v) is 9.71. The highest BCUT2D eigenvalue weighted by molar-refractivity contribution is 6.34. The Morgan fingerprint density at radius 2 is 1.31 bits per heavy atom. The number of carbonyl (C=O) groups excluding carboxylic acids is 2. The number of carbonyl (C=O) groups is 2. The molecule has 0 saturated heterocycles. The maximum absolute atomic E-state index is 13.5. The summed E-state index contributed by atoms with van der Waals surface area (Å²) in [5, 5.41) is 13.6. The molecule has 7 nitrogen and oxygen atoms in total. The lowest BCUT2D eigenvalue weighted by molar-refractivity contribution is 0.0980. The number of fused-ring (bicyclic) bond motifs is 3. The number of benzene rings is 2. The molecule has 0 bridgehead atoms. The van der Waals surface area contributed by atoms with Crippen LogP contribution in [-0.4, -0.2) is 51.8 Å². The molecule has 150 valence electrons. The van der Waals surface area contributed by atoms with Crippen LogP contribution in [0.15, 0.2) is 41.0 Å². The van der Waals surface area contributed by atoms with Crippen LogP contribution in [0, 0.1) is 0 Å². The molecule has 3 aromatic rings. The van der Waals surface area contributed by atoms with E-state index in [2.05, 4.69) is 21.3 Å². The number of ketones is 2. The summed E-state index contributed by atoms with van der Waals surface area (Å²) in [5.74, 6) is -0.320. The predicted octanol–water partition coefficient (Wildman–Crippen LogP) is 2.47. The minimum Gasteiger partial charge on any atom is -0.462 e. The van der Waals surface area contributed by atoms with Crippen molar-refractivity contribution in [2.45, 2.75) is 0 Å². The molecule has 7 heteroatoms. The van der Waals surface area contributed by atoms with Gasteiger partial charge in [-0.25, -0.2) is 0 Å². The van der Waals surface area contributed by atoms with E-state index in [0.29, 0.717) is 58.8 Å². The molecule has 0 radical (unpaired) electrons. The molecule has 0 atom stereocenters. The summed E-state index contributed by atoms with van der Waals surface area (Å²) < 4.78 is 5.76. The van der Waals surface area contributed by atoms with Gasteiger partial charge >= 0.3 is 0 Å². The molecule has 1 aliphatic carbocycles. The molecule has 0 amide bonds. The van der Waals surface area contributed by atoms with Crippen LogP contribution in [0.3, 0.4) is 0 Å². The highest BCUT2D eigenvalue weighted by atomic mass is 16.3. The summed E-state index contributed by atoms with van der Waals surface area (Å²) >= 11 is 0. The van der Waals surface area contributed by atoms with Crippen molar-refractivity contribution in [2.24, 2.45) is 0 Å². The fourth-order valence-electron chi connectivity index (χ4n) is 3.78. The van der Waals surface area contributed by atoms with Crippen LogP contribution in [0.4, 0.5) is 11.4 Å². The van der Waals surface area contributed by atoms with E-state index in [-0.39, 0.29) is 11.6 Å². The van der Waals surface area contributed by atoms with Crippen molar-refractivity contribution in [1.29, 1.82) is 0 Å². The molecule has 0 unspecified atom stereocenters. The Morgan fingerprint density at radius 3 is 1.90 bits per heavy atom. The Bertz CT molecular complexity index is 1000. The van der Waals surface area contributed by atoms with Crippen LogP contribution in [0.5, 0.6) is 0 Å². The molecule has 29 heavy (non-hydrogen) atoms. The number of nitrogens with one attached hydrogen (secondary N) is 4. The zero-order valence-electron chi connectivity index (χ0n) is 16.5. The topological polar surface area (TPSA) is 95.4 Å². The summed E-state index contributed by atoms with van der Waals surface area (Å²) in [5.41, 5.74) is 3.44. The van der Waals surface area contributed by atoms with E-state index in [0.717, 1.165) is 11.9 Å². The second kappa shape index (κ2) is 8.06. The molecule has 0 aliphatic heterocycles. The predicted molar refractivity (Wildman–Crippen MR) is 114 cm³/mol. The van der Waals surface area contributed by atoms with Gasteiger partial charge in [-0.2, -0.15) is 0 Å². The highest BCUT2D eigenvalue weighted by Gasteiger charge is 2.36. The maximum Gasteiger partial charge on any atom is 0.196 e. The lowest BCUT2D eigenvalue weighted by atomic mass is 9.81. The van der Waals surface area contributed by atoms with Crippen molar-refractivity contribution >= 4 is 33.9 Å². The zero-order chi connectivity index (χ0) is 20.4. The van der Waals surface area contributed by atoms with Crippen LogP contribution in [-0.2, 0) is 0 Å². The van der Waals surface area contributed by atoms with Crippen molar-refractivity contribution in [3.63, 3.8) is 0 Å². The number of likely N-dealkylation sites (N-methyl/N-ethyl adjacent to an activating group) is 2. The minimum absolute atomic E-state index is 0.151. The van der Waals surface area contributed by atoms with Crippen molar-refractivity contribution in [1.82, 2.24) is 10.6 Å². The molecule has 1 aromatic heterocycles. The van der Waals surface area contributed by atoms with E-state index >= 15 is 0 Å². The van der Waals surface area contributed by atoms with Crippen LogP contribution in [0.1, 0.15) is 31.8 Å². The van der Waals surface area contributed by atoms with Gasteiger partial charge in [-0.15, -0.1) is 0 Å². The van der Waals surface area contributed by atoms with E-state index in [9.17, 15) is 9.59 Å². The molecule has 0 spiro atoms. The second-order valence-corrected chi connectivity index (χ2v) is 6.93. The van der Waals surface area contributed by atoms with E-state index < -0.39 is 0 Å². The van der Waals surface area contributed by atoms with Crippen molar-refractivity contribution in [3.8, 4) is 0 Å². The van der Waals surface area contributed by atoms with Crippen molar-refractivity contribution in [3.05, 3.63) is 58.8 Å². The summed E-state index contributed by atoms with van der Waals surface area (Å²) in [4.78, 5) is 26.9. The Kier molecular flexibility index (Phi) is 5.33. The van der Waals surface area contributed by atoms with Crippen LogP contribution in [0.25, 0.3) is 11.0 Å². The van der Waals surface area contributed by atoms with Gasteiger partial charge in [-0.05, 0) is 20.2 Å². The number of hydrogen-bond donors (Lipinski definition) is 4. The lowest BCUT2D eigenvalue weighted by Crippen LogP contribution is -2.27. The fraction of sp³-hybridized carbons (Fsp3) is 0.273. The van der Waals surface area contributed by atoms with E-state index in [1.165, 1.54) is 0 Å². The first kappa shape index (κ1) is 19.2. The van der Waals surface area contributed by atoms with Gasteiger partial charge in [-0.1, -0.05) is 24.3 Å². The summed E-state index contributed by atoms with van der Waals surface area (Å²) in [6.45, 7) is 2.63. The Balaban J connectivity index is 1.97. The Hall–Kier alpha value is -3.16. The van der Waals surface area contributed by atoms with Crippen LogP contribution >= 0.6 is 0 Å². The smallest absolute Gasteiger partial charge is 0.196 e. The van der Waals surface area contributed by atoms with E-state index in [4.69, 9.17) is 4.42 Å². The first-order valence-electron chi connectivity index (χ1n) is 9.71. The van der Waals surface area contributed by atoms with Gasteiger partial charge < -0.3 is 25.7 Å². The molecule has 1 aliphatic rings. The summed E-state index contributed by atoms with van der Waals surface area (Å²) in [6.07, 6.45) is 1.59. The lowest BCUT2D eigenvalue weighted by Gasteiger charge is -2.24. The van der Waals surface area contributed by atoms with Gasteiger partial charge in [0.25, 0.3) is 0 Å². The third-order valence-corrected chi connectivity index (χ3v) is 5.14. The molecule has 1 heterocycles. The number of anilines is 2. The van der Waals surface area contributed by atoms with Crippen molar-refractivity contribution < 1.29 is 14.0 Å². The first-order chi connectivity index (χ1) is 14.2. The maximum atomic E-state index is 13.5. The molecule has 2 aromatic carbocycles. The molecule has 0 saturated carbocycles. The quantitative estimate of drug-likeness (QED) is 0.270. The molecule has 4 rings (SSSR count). The van der Waals surface area contributed by atoms with Gasteiger partial charge in [0.2, 0.25) is 0 Å². The monoisotopic (exact) mass is 392 g/mol. The normalized spacial score (nSPS) is 12.8. The van der Waals surface area contributed by atoms with Gasteiger partial charge in [0.1, 0.15) is 0 Å². The third kappa shape index (κ3) is 3.18. The molecular weight excluding hydrogens is 368 g/mol. The second-order valence-electron chi connectivity index (χ2n) is 6.93. The zero-order valence-corrected chi connectivity index (χ0v) is 16.5. The van der Waals surface area contributed by atoms with Crippen molar-refractivity contribution in [2.75, 3.05) is 50.9 Å². The Morgan fingerprint density at radius 1 is 0.759 bits per heavy atom. The van der Waals surface area contributed by atoms with Crippen LogP contribution in [0.2, 0.25) is 0 Å². The standard InChI is InChI=1S/C22H24N4O3/c1-23-8-10-25-18-15-7-12-29-22(15)19(26-11-9-24-2)17-16(18)20(27)13-5-3-4-6-14(13)21(17)28/h3-7,12,23-26H,8-11H2,1-2H3. The Labute approximate surface area is 168 Å². The van der Waals surface area contributed by atoms with Gasteiger partial charge in [0, 0.05) is 42.7 Å². The summed E-state index contributed by atoms with van der Waals surface area (Å²) in [7, 11) is 3.73. The van der Waals surface area contributed by atoms with Gasteiger partial charge in [0.05, 0.1) is 28.8 Å². The van der Waals surface area contributed by atoms with E-state index in [1.807, 2.05) is 20.2 Å². The average molecular weight is 392 g/mol. The third-order valence-electron chi connectivity index (χ3n) is 5.14. The molecule has 0 fully saturated rings. The average Bonchev–Trinajstić information content (AvgIpc) is 3.23. The minimum atomic E-state index is -0.169. The molecular formula is C22H24N4O3. The number of hydrogen-bond acceptors (Lipinski definition) is 7. The van der Waals surface area contributed by atoms with Crippen LogP contribution < -0.4 is 21.3 Å². The highest BCUT2D eigenvalue weighted by Crippen LogP contribution is 2.43. The van der Waals surface area contributed by atoms with Gasteiger partial charge in [-0.3, -0.25) is 9.59 Å². The SMILES string of the molecule is CNCCNc1c2c(c(NCCNC)c3occc13)C(=O)c1ccccc1C2=O. The fourth-order valence-corrected chi connectivity index (χ4v) is 3.78. The number of furan rings is 1. The molecule has 4 N–H and O–H groups in total. The largest absolute Gasteiger partial charge is 0.462 e. The summed E-state index contributed by atoms with van der Waals surface area (Å²) in [6, 6.07) is 8.81. The van der Waals surface area contributed by atoms with E-state index in [1.54, 1.807) is 30.5 Å². The van der Waals surface area contributed by atoms with Gasteiger partial charge in [0.15, 0.2) is 17.1 Å².